The van der Waals surface area contributed by atoms with Gasteiger partial charge in [0.1, 0.15) is 11.0 Å². The molecule has 0 aliphatic carbocycles. The van der Waals surface area contributed by atoms with Gasteiger partial charge >= 0.3 is 0 Å². The summed E-state index contributed by atoms with van der Waals surface area (Å²) in [4.78, 5) is 19.8. The lowest BCUT2D eigenvalue weighted by atomic mass is 10.2. The van der Waals surface area contributed by atoms with Crippen molar-refractivity contribution in [3.8, 4) is 5.88 Å². The fraction of sp³-hybridized carbons (Fsp3) is 0.0833. The van der Waals surface area contributed by atoms with Crippen molar-refractivity contribution in [2.24, 2.45) is 0 Å². The van der Waals surface area contributed by atoms with Crippen molar-refractivity contribution in [1.82, 2.24) is 9.97 Å². The Bertz CT molecular complexity index is 561. The molecular formula is C12H10ClN3O2. The van der Waals surface area contributed by atoms with E-state index in [0.717, 1.165) is 0 Å². The first kappa shape index (κ1) is 12.3. The van der Waals surface area contributed by atoms with E-state index < -0.39 is 0 Å². The molecule has 0 radical (unpaired) electrons. The van der Waals surface area contributed by atoms with E-state index in [-0.39, 0.29) is 16.9 Å². The summed E-state index contributed by atoms with van der Waals surface area (Å²) in [6, 6.07) is 8.20. The molecule has 0 saturated carbocycles. The van der Waals surface area contributed by atoms with Crippen molar-refractivity contribution in [3.05, 3.63) is 47.2 Å². The lowest BCUT2D eigenvalue weighted by molar-refractivity contribution is 0.102. The SMILES string of the molecule is COc1cc(C(=O)Nc2ccccn2)cc(Cl)n1. The van der Waals surface area contributed by atoms with Gasteiger partial charge in [0.15, 0.2) is 0 Å². The maximum atomic E-state index is 11.9. The number of nitrogens with zero attached hydrogens (tertiary/aromatic N) is 2. The van der Waals surface area contributed by atoms with E-state index in [1.165, 1.54) is 19.2 Å². The molecule has 92 valence electrons. The maximum Gasteiger partial charge on any atom is 0.257 e. The summed E-state index contributed by atoms with van der Waals surface area (Å²) in [5.41, 5.74) is 0.359. The average molecular weight is 264 g/mol. The third-order valence-corrected chi connectivity index (χ3v) is 2.34. The van der Waals surface area contributed by atoms with E-state index in [2.05, 4.69) is 15.3 Å². The topological polar surface area (TPSA) is 64.1 Å². The van der Waals surface area contributed by atoms with E-state index >= 15 is 0 Å². The highest BCUT2D eigenvalue weighted by Crippen LogP contribution is 2.17. The summed E-state index contributed by atoms with van der Waals surface area (Å²) in [5, 5.41) is 2.84. The van der Waals surface area contributed by atoms with Crippen LogP contribution in [-0.4, -0.2) is 23.0 Å². The number of hydrogen-bond donors (Lipinski definition) is 1. The van der Waals surface area contributed by atoms with E-state index in [0.29, 0.717) is 11.4 Å². The van der Waals surface area contributed by atoms with Gasteiger partial charge in [-0.2, -0.15) is 0 Å². The van der Waals surface area contributed by atoms with Crippen LogP contribution in [0, 0.1) is 0 Å². The lowest BCUT2D eigenvalue weighted by Gasteiger charge is -2.06. The second kappa shape index (κ2) is 5.46. The van der Waals surface area contributed by atoms with Gasteiger partial charge < -0.3 is 10.1 Å². The number of pyridine rings is 2. The van der Waals surface area contributed by atoms with Crippen molar-refractivity contribution in [3.63, 3.8) is 0 Å². The fourth-order valence-corrected chi connectivity index (χ4v) is 1.53. The normalized spacial score (nSPS) is 9.89. The predicted octanol–water partition coefficient (Wildman–Crippen LogP) is 2.39. The number of ether oxygens (including phenoxy) is 1. The first-order valence-corrected chi connectivity index (χ1v) is 5.51. The molecule has 0 atom stereocenters. The van der Waals surface area contributed by atoms with Crippen LogP contribution in [0.25, 0.3) is 0 Å². The van der Waals surface area contributed by atoms with Crippen LogP contribution >= 0.6 is 11.6 Å². The number of carbonyl (C=O) groups is 1. The molecule has 0 unspecified atom stereocenters. The standard InChI is InChI=1S/C12H10ClN3O2/c1-18-11-7-8(6-9(13)15-11)12(17)16-10-4-2-3-5-14-10/h2-7H,1H3,(H,14,16,17). The summed E-state index contributed by atoms with van der Waals surface area (Å²) in [7, 11) is 1.46. The molecule has 0 bridgehead atoms. The molecule has 0 aliphatic heterocycles. The van der Waals surface area contributed by atoms with Gasteiger partial charge in [0.25, 0.3) is 5.91 Å². The minimum absolute atomic E-state index is 0.195. The van der Waals surface area contributed by atoms with Gasteiger partial charge in [-0.1, -0.05) is 17.7 Å². The Kier molecular flexibility index (Phi) is 3.74. The molecule has 18 heavy (non-hydrogen) atoms. The molecular weight excluding hydrogens is 254 g/mol. The van der Waals surface area contributed by atoms with Crippen LogP contribution in [0.3, 0.4) is 0 Å². The zero-order valence-corrected chi connectivity index (χ0v) is 10.3. The Morgan fingerprint density at radius 3 is 2.89 bits per heavy atom. The van der Waals surface area contributed by atoms with Gasteiger partial charge in [0.2, 0.25) is 5.88 Å². The number of amides is 1. The van der Waals surface area contributed by atoms with Crippen molar-refractivity contribution >= 4 is 23.3 Å². The Morgan fingerprint density at radius 1 is 1.39 bits per heavy atom. The smallest absolute Gasteiger partial charge is 0.257 e. The fourth-order valence-electron chi connectivity index (χ4n) is 1.33. The van der Waals surface area contributed by atoms with Crippen LogP contribution in [0.15, 0.2) is 36.5 Å². The summed E-state index contributed by atoms with van der Waals surface area (Å²) in [6.07, 6.45) is 1.59. The van der Waals surface area contributed by atoms with Crippen LogP contribution in [0.1, 0.15) is 10.4 Å². The monoisotopic (exact) mass is 263 g/mol. The van der Waals surface area contributed by atoms with Gasteiger partial charge in [-0.15, -0.1) is 0 Å². The zero-order chi connectivity index (χ0) is 13.0. The number of methoxy groups -OCH3 is 1. The maximum absolute atomic E-state index is 11.9. The molecule has 1 amide bonds. The van der Waals surface area contributed by atoms with Crippen molar-refractivity contribution in [1.29, 1.82) is 0 Å². The van der Waals surface area contributed by atoms with Crippen LogP contribution in [0.4, 0.5) is 5.82 Å². The predicted molar refractivity (Wildman–Crippen MR) is 68.0 cm³/mol. The van der Waals surface area contributed by atoms with Gasteiger partial charge in [-0.05, 0) is 18.2 Å². The number of rotatable bonds is 3. The Hall–Kier alpha value is -2.14. The Balaban J connectivity index is 2.21. The van der Waals surface area contributed by atoms with Crippen LogP contribution in [0.2, 0.25) is 5.15 Å². The molecule has 0 aliphatic rings. The molecule has 2 heterocycles. The summed E-state index contributed by atoms with van der Waals surface area (Å²) in [5.74, 6) is 0.430. The number of aromatic nitrogens is 2. The molecule has 6 heteroatoms. The third-order valence-electron chi connectivity index (χ3n) is 2.15. The molecule has 2 aromatic heterocycles. The summed E-state index contributed by atoms with van der Waals surface area (Å²) >= 11 is 5.79. The largest absolute Gasteiger partial charge is 0.481 e. The molecule has 0 aromatic carbocycles. The Labute approximate surface area is 109 Å². The third kappa shape index (κ3) is 2.95. The highest BCUT2D eigenvalue weighted by molar-refractivity contribution is 6.30. The first-order valence-electron chi connectivity index (χ1n) is 5.13. The Morgan fingerprint density at radius 2 is 2.22 bits per heavy atom. The zero-order valence-electron chi connectivity index (χ0n) is 9.55. The minimum Gasteiger partial charge on any atom is -0.481 e. The molecule has 2 aromatic rings. The van der Waals surface area contributed by atoms with Crippen LogP contribution in [0.5, 0.6) is 5.88 Å². The quantitative estimate of drug-likeness (QED) is 0.864. The van der Waals surface area contributed by atoms with E-state index in [9.17, 15) is 4.79 Å². The molecule has 1 N–H and O–H groups in total. The van der Waals surface area contributed by atoms with E-state index in [1.807, 2.05) is 0 Å². The summed E-state index contributed by atoms with van der Waals surface area (Å²) in [6.45, 7) is 0. The molecule has 2 rings (SSSR count). The number of carbonyl (C=O) groups excluding carboxylic acids is 1. The highest BCUT2D eigenvalue weighted by Gasteiger charge is 2.10. The molecule has 0 saturated heterocycles. The van der Waals surface area contributed by atoms with Gasteiger partial charge in [-0.25, -0.2) is 9.97 Å². The van der Waals surface area contributed by atoms with Crippen LogP contribution < -0.4 is 10.1 Å². The second-order valence-corrected chi connectivity index (χ2v) is 3.78. The van der Waals surface area contributed by atoms with Gasteiger partial charge in [0, 0.05) is 17.8 Å². The molecule has 0 fully saturated rings. The number of anilines is 1. The van der Waals surface area contributed by atoms with Gasteiger partial charge in [0.05, 0.1) is 7.11 Å². The summed E-state index contributed by atoms with van der Waals surface area (Å²) < 4.78 is 4.94. The van der Waals surface area contributed by atoms with Crippen molar-refractivity contribution < 1.29 is 9.53 Å². The minimum atomic E-state index is -0.323. The number of hydrogen-bond acceptors (Lipinski definition) is 4. The van der Waals surface area contributed by atoms with Crippen LogP contribution in [-0.2, 0) is 0 Å². The number of nitrogens with one attached hydrogen (secondary N) is 1. The first-order chi connectivity index (χ1) is 8.69. The van der Waals surface area contributed by atoms with Crippen molar-refractivity contribution in [2.75, 3.05) is 12.4 Å². The second-order valence-electron chi connectivity index (χ2n) is 3.39. The van der Waals surface area contributed by atoms with E-state index in [4.69, 9.17) is 16.3 Å². The van der Waals surface area contributed by atoms with Crippen molar-refractivity contribution in [2.45, 2.75) is 0 Å². The molecule has 0 spiro atoms. The molecule has 5 nitrogen and oxygen atoms in total. The average Bonchev–Trinajstić information content (AvgIpc) is 2.39. The number of halogens is 1. The van der Waals surface area contributed by atoms with E-state index in [1.54, 1.807) is 24.4 Å². The lowest BCUT2D eigenvalue weighted by Crippen LogP contribution is -2.13. The van der Waals surface area contributed by atoms with Gasteiger partial charge in [-0.3, -0.25) is 4.79 Å². The highest BCUT2D eigenvalue weighted by atomic mass is 35.5.